The van der Waals surface area contributed by atoms with E-state index in [1.165, 1.54) is 51.4 Å². The van der Waals surface area contributed by atoms with Crippen LogP contribution in [0.25, 0.3) is 0 Å². The van der Waals surface area contributed by atoms with Crippen LogP contribution in [0.2, 0.25) is 0 Å². The minimum atomic E-state index is 0.0360. The van der Waals surface area contributed by atoms with Gasteiger partial charge in [-0.1, -0.05) is 0 Å². The predicted molar refractivity (Wildman–Crippen MR) is 74.6 cm³/mol. The Bertz CT molecular complexity index is 340. The van der Waals surface area contributed by atoms with Crippen molar-refractivity contribution >= 4 is 5.91 Å². The van der Waals surface area contributed by atoms with E-state index in [0.29, 0.717) is 5.91 Å². The number of rotatable bonds is 5. The molecule has 106 valence electrons. The van der Waals surface area contributed by atoms with Gasteiger partial charge >= 0.3 is 0 Å². The van der Waals surface area contributed by atoms with Crippen LogP contribution in [0, 0.1) is 23.2 Å². The van der Waals surface area contributed by atoms with Gasteiger partial charge < -0.3 is 10.6 Å². The maximum Gasteiger partial charge on any atom is 0.226 e. The van der Waals surface area contributed by atoms with Crippen LogP contribution in [0.3, 0.4) is 0 Å². The van der Waals surface area contributed by atoms with Gasteiger partial charge in [0.25, 0.3) is 0 Å². The Morgan fingerprint density at radius 1 is 0.947 bits per heavy atom. The molecule has 3 nitrogen and oxygen atoms in total. The van der Waals surface area contributed by atoms with Crippen molar-refractivity contribution in [3.05, 3.63) is 0 Å². The van der Waals surface area contributed by atoms with Crippen molar-refractivity contribution in [2.45, 2.75) is 57.4 Å². The van der Waals surface area contributed by atoms with E-state index in [9.17, 15) is 4.79 Å². The molecular formula is C16H26N2O. The van der Waals surface area contributed by atoms with Gasteiger partial charge in [-0.25, -0.2) is 0 Å². The fourth-order valence-electron chi connectivity index (χ4n) is 5.32. The highest BCUT2D eigenvalue weighted by molar-refractivity contribution is 5.83. The average molecular weight is 262 g/mol. The molecule has 4 bridgehead atoms. The predicted octanol–water partition coefficient (Wildman–Crippen LogP) is 2.07. The van der Waals surface area contributed by atoms with Crippen molar-refractivity contribution in [3.63, 3.8) is 0 Å². The Morgan fingerprint density at radius 2 is 1.53 bits per heavy atom. The van der Waals surface area contributed by atoms with E-state index in [1.54, 1.807) is 0 Å². The van der Waals surface area contributed by atoms with Crippen LogP contribution in [0.5, 0.6) is 0 Å². The minimum Gasteiger partial charge on any atom is -0.354 e. The summed E-state index contributed by atoms with van der Waals surface area (Å²) in [5, 5.41) is 6.69. The van der Waals surface area contributed by atoms with Gasteiger partial charge in [0.05, 0.1) is 0 Å². The third-order valence-electron chi connectivity index (χ3n) is 5.94. The lowest BCUT2D eigenvalue weighted by atomic mass is 9.49. The summed E-state index contributed by atoms with van der Waals surface area (Å²) in [6.45, 7) is 1.76. The molecule has 5 rings (SSSR count). The summed E-state index contributed by atoms with van der Waals surface area (Å²) >= 11 is 0. The van der Waals surface area contributed by atoms with Crippen LogP contribution in [-0.4, -0.2) is 25.0 Å². The molecule has 0 saturated heterocycles. The molecule has 0 aliphatic heterocycles. The van der Waals surface area contributed by atoms with E-state index in [-0.39, 0.29) is 5.41 Å². The lowest BCUT2D eigenvalue weighted by Gasteiger charge is -2.55. The molecule has 5 saturated carbocycles. The zero-order chi connectivity index (χ0) is 12.9. The molecule has 5 aliphatic rings. The summed E-state index contributed by atoms with van der Waals surface area (Å²) in [5.74, 6) is 2.97. The zero-order valence-corrected chi connectivity index (χ0v) is 11.8. The van der Waals surface area contributed by atoms with Gasteiger partial charge in [0.2, 0.25) is 5.91 Å². The molecule has 0 aromatic rings. The highest BCUT2D eigenvalue weighted by atomic mass is 16.2. The fraction of sp³-hybridized carbons (Fsp3) is 0.938. The quantitative estimate of drug-likeness (QED) is 0.745. The van der Waals surface area contributed by atoms with Crippen molar-refractivity contribution < 1.29 is 4.79 Å². The fourth-order valence-corrected chi connectivity index (χ4v) is 5.32. The topological polar surface area (TPSA) is 41.1 Å². The molecule has 0 aromatic heterocycles. The van der Waals surface area contributed by atoms with Gasteiger partial charge in [-0.2, -0.15) is 0 Å². The van der Waals surface area contributed by atoms with Crippen molar-refractivity contribution in [2.75, 3.05) is 13.1 Å². The van der Waals surface area contributed by atoms with E-state index in [4.69, 9.17) is 0 Å². The van der Waals surface area contributed by atoms with Gasteiger partial charge in [0.1, 0.15) is 0 Å². The standard InChI is InChI=1S/C16H26N2O/c19-15(18-4-3-17-14-1-2-14)16-8-11-5-12(9-16)7-13(6-11)10-16/h11-14,17H,1-10H2,(H,18,19). The molecule has 0 heterocycles. The van der Waals surface area contributed by atoms with E-state index >= 15 is 0 Å². The third-order valence-corrected chi connectivity index (χ3v) is 5.94. The van der Waals surface area contributed by atoms with Gasteiger partial charge in [-0.15, -0.1) is 0 Å². The van der Waals surface area contributed by atoms with Crippen molar-refractivity contribution in [3.8, 4) is 0 Å². The number of amides is 1. The SMILES string of the molecule is O=C(NCCNC1CC1)C12CC3CC(CC(C3)C1)C2. The third kappa shape index (κ3) is 2.31. The Kier molecular flexibility index (Phi) is 2.87. The molecule has 1 amide bonds. The number of carbonyl (C=O) groups is 1. The molecule has 0 unspecified atom stereocenters. The molecule has 0 aromatic carbocycles. The summed E-state index contributed by atoms with van der Waals surface area (Å²) in [7, 11) is 0. The molecule has 0 radical (unpaired) electrons. The van der Waals surface area contributed by atoms with Crippen molar-refractivity contribution in [1.82, 2.24) is 10.6 Å². The molecule has 0 atom stereocenters. The van der Waals surface area contributed by atoms with Gasteiger partial charge in [-0.05, 0) is 69.1 Å². The van der Waals surface area contributed by atoms with E-state index in [2.05, 4.69) is 10.6 Å². The largest absolute Gasteiger partial charge is 0.354 e. The first-order valence-electron chi connectivity index (χ1n) is 8.25. The number of hydrogen-bond acceptors (Lipinski definition) is 2. The first-order chi connectivity index (χ1) is 9.23. The smallest absolute Gasteiger partial charge is 0.226 e. The Balaban J connectivity index is 1.33. The maximum absolute atomic E-state index is 12.6. The first kappa shape index (κ1) is 12.2. The lowest BCUT2D eigenvalue weighted by molar-refractivity contribution is -0.146. The monoisotopic (exact) mass is 262 g/mol. The van der Waals surface area contributed by atoms with Gasteiger partial charge in [-0.3, -0.25) is 4.79 Å². The van der Waals surface area contributed by atoms with E-state index < -0.39 is 0 Å². The summed E-state index contributed by atoms with van der Waals surface area (Å²) in [5.41, 5.74) is 0.0360. The second-order valence-corrected chi connectivity index (χ2v) is 7.68. The molecule has 5 aliphatic carbocycles. The number of nitrogens with one attached hydrogen (secondary N) is 2. The summed E-state index contributed by atoms with van der Waals surface area (Å²) in [4.78, 5) is 12.6. The summed E-state index contributed by atoms with van der Waals surface area (Å²) in [6, 6.07) is 0.747. The highest BCUT2D eigenvalue weighted by Crippen LogP contribution is 2.60. The van der Waals surface area contributed by atoms with Crippen LogP contribution in [0.1, 0.15) is 51.4 Å². The van der Waals surface area contributed by atoms with Crippen LogP contribution in [-0.2, 0) is 4.79 Å². The van der Waals surface area contributed by atoms with Crippen molar-refractivity contribution in [1.29, 1.82) is 0 Å². The molecule has 0 spiro atoms. The lowest BCUT2D eigenvalue weighted by Crippen LogP contribution is -2.54. The van der Waals surface area contributed by atoms with E-state index in [1.807, 2.05) is 0 Å². The Labute approximate surface area is 115 Å². The Morgan fingerprint density at radius 3 is 2.05 bits per heavy atom. The summed E-state index contributed by atoms with van der Waals surface area (Å²) < 4.78 is 0. The normalized spacial score (nSPS) is 43.5. The second kappa shape index (κ2) is 4.47. The van der Waals surface area contributed by atoms with Crippen molar-refractivity contribution in [2.24, 2.45) is 23.2 Å². The van der Waals surface area contributed by atoms with Crippen LogP contribution in [0.15, 0.2) is 0 Å². The molecular weight excluding hydrogens is 236 g/mol. The molecule has 3 heteroatoms. The number of carbonyl (C=O) groups excluding carboxylic acids is 1. The summed E-state index contributed by atoms with van der Waals surface area (Å²) in [6.07, 6.45) is 10.4. The minimum absolute atomic E-state index is 0.0360. The average Bonchev–Trinajstić information content (AvgIpc) is 3.16. The van der Waals surface area contributed by atoms with Gasteiger partial charge in [0, 0.05) is 24.5 Å². The highest BCUT2D eigenvalue weighted by Gasteiger charge is 2.54. The van der Waals surface area contributed by atoms with E-state index in [0.717, 1.165) is 36.9 Å². The first-order valence-corrected chi connectivity index (χ1v) is 8.25. The second-order valence-electron chi connectivity index (χ2n) is 7.68. The van der Waals surface area contributed by atoms with Crippen LogP contribution in [0.4, 0.5) is 0 Å². The van der Waals surface area contributed by atoms with Crippen LogP contribution >= 0.6 is 0 Å². The van der Waals surface area contributed by atoms with Gasteiger partial charge in [0.15, 0.2) is 0 Å². The molecule has 5 fully saturated rings. The zero-order valence-electron chi connectivity index (χ0n) is 11.8. The Hall–Kier alpha value is -0.570. The molecule has 2 N–H and O–H groups in total. The number of hydrogen-bond donors (Lipinski definition) is 2. The molecule has 19 heavy (non-hydrogen) atoms. The van der Waals surface area contributed by atoms with Crippen LogP contribution < -0.4 is 10.6 Å². The maximum atomic E-state index is 12.6.